The van der Waals surface area contributed by atoms with Crippen molar-refractivity contribution in [1.82, 2.24) is 14.5 Å². The second-order valence-electron chi connectivity index (χ2n) is 5.48. The van der Waals surface area contributed by atoms with Gasteiger partial charge in [-0.25, -0.2) is 0 Å². The molecule has 3 nitrogen and oxygen atoms in total. The third-order valence-electron chi connectivity index (χ3n) is 3.77. The maximum Gasteiger partial charge on any atom is 0.178 e. The van der Waals surface area contributed by atoms with Crippen molar-refractivity contribution in [2.24, 2.45) is 0 Å². The van der Waals surface area contributed by atoms with E-state index >= 15 is 0 Å². The van der Waals surface area contributed by atoms with E-state index < -0.39 is 0 Å². The summed E-state index contributed by atoms with van der Waals surface area (Å²) in [6.07, 6.45) is 1.12. The van der Waals surface area contributed by atoms with Crippen LogP contribution >= 0.6 is 12.2 Å². The highest BCUT2D eigenvalue weighted by molar-refractivity contribution is 7.71. The lowest BCUT2D eigenvalue weighted by atomic mass is 10.2. The molecule has 4 heteroatoms. The van der Waals surface area contributed by atoms with Gasteiger partial charge in [0.1, 0.15) is 0 Å². The van der Waals surface area contributed by atoms with Gasteiger partial charge < -0.3 is 14.5 Å². The number of imidazole rings is 1. The highest BCUT2D eigenvalue weighted by atomic mass is 32.1. The minimum absolute atomic E-state index is 0.595. The lowest BCUT2D eigenvalue weighted by molar-refractivity contribution is 0.266. The van der Waals surface area contributed by atoms with E-state index in [9.17, 15) is 0 Å². The Hall–Kier alpha value is -1.13. The van der Waals surface area contributed by atoms with Crippen LogP contribution in [-0.4, -0.2) is 34.1 Å². The molecule has 0 unspecified atom stereocenters. The first-order chi connectivity index (χ1) is 9.00. The molecule has 0 spiro atoms. The van der Waals surface area contributed by atoms with Gasteiger partial charge in [0.05, 0.1) is 11.0 Å². The van der Waals surface area contributed by atoms with Gasteiger partial charge in [0.2, 0.25) is 0 Å². The summed E-state index contributed by atoms with van der Waals surface area (Å²) in [5.41, 5.74) is 3.67. The van der Waals surface area contributed by atoms with Crippen molar-refractivity contribution in [3.05, 3.63) is 28.5 Å². The molecule has 0 saturated carbocycles. The van der Waals surface area contributed by atoms with E-state index in [1.807, 2.05) is 0 Å². The maximum atomic E-state index is 5.44. The van der Waals surface area contributed by atoms with Crippen molar-refractivity contribution < 1.29 is 0 Å². The molecule has 1 N–H and O–H groups in total. The molecule has 0 atom stereocenters. The van der Waals surface area contributed by atoms with Crippen LogP contribution in [0.4, 0.5) is 0 Å². The van der Waals surface area contributed by atoms with Crippen molar-refractivity contribution in [3.63, 3.8) is 0 Å². The number of para-hydroxylation sites is 1. The third-order valence-corrected chi connectivity index (χ3v) is 4.09. The summed E-state index contributed by atoms with van der Waals surface area (Å²) in [7, 11) is 2.17. The van der Waals surface area contributed by atoms with E-state index in [1.54, 1.807) is 0 Å². The van der Waals surface area contributed by atoms with Crippen LogP contribution < -0.4 is 0 Å². The highest BCUT2D eigenvalue weighted by Crippen LogP contribution is 2.18. The Labute approximate surface area is 120 Å². The van der Waals surface area contributed by atoms with Crippen LogP contribution in [-0.2, 0) is 6.54 Å². The van der Waals surface area contributed by atoms with Crippen LogP contribution in [0.25, 0.3) is 11.0 Å². The Morgan fingerprint density at radius 3 is 2.79 bits per heavy atom. The summed E-state index contributed by atoms with van der Waals surface area (Å²) in [4.78, 5) is 5.66. The van der Waals surface area contributed by atoms with Gasteiger partial charge in [0.15, 0.2) is 4.77 Å². The molecule has 0 fully saturated rings. The molecule has 1 heterocycles. The van der Waals surface area contributed by atoms with Crippen molar-refractivity contribution in [2.45, 2.75) is 39.8 Å². The summed E-state index contributed by atoms with van der Waals surface area (Å²) in [5, 5.41) is 0. The number of fused-ring (bicyclic) bond motifs is 1. The van der Waals surface area contributed by atoms with Crippen LogP contribution in [0.5, 0.6) is 0 Å². The molecule has 0 aliphatic heterocycles. The first-order valence-corrected chi connectivity index (χ1v) is 7.30. The number of nitrogens with one attached hydrogen (secondary N) is 1. The number of H-pyrrole nitrogens is 1. The normalized spacial score (nSPS) is 11.9. The minimum Gasteiger partial charge on any atom is -0.331 e. The van der Waals surface area contributed by atoms with Gasteiger partial charge in [-0.1, -0.05) is 12.1 Å². The smallest absolute Gasteiger partial charge is 0.178 e. The zero-order valence-electron chi connectivity index (χ0n) is 12.2. The fraction of sp³-hybridized carbons (Fsp3) is 0.533. The van der Waals surface area contributed by atoms with Gasteiger partial charge >= 0.3 is 0 Å². The molecule has 2 aromatic rings. The summed E-state index contributed by atoms with van der Waals surface area (Å²) in [6.45, 7) is 8.66. The first kappa shape index (κ1) is 14.3. The molecule has 104 valence electrons. The number of aromatic amines is 1. The number of rotatable bonds is 5. The van der Waals surface area contributed by atoms with Crippen molar-refractivity contribution >= 4 is 23.3 Å². The SMILES string of the molecule is Cc1cccc2[nH]c(=S)n(CCCN(C)C(C)C)c12. The van der Waals surface area contributed by atoms with E-state index in [-0.39, 0.29) is 0 Å². The molecular formula is C15H23N3S. The fourth-order valence-electron chi connectivity index (χ4n) is 2.35. The standard InChI is InChI=1S/C15H23N3S/c1-11(2)17(4)9-6-10-18-14-12(3)7-5-8-13(14)16-15(18)19/h5,7-8,11H,6,9-10H2,1-4H3,(H,16,19). The average molecular weight is 277 g/mol. The number of hydrogen-bond donors (Lipinski definition) is 1. The molecule has 0 aliphatic rings. The molecule has 0 radical (unpaired) electrons. The van der Waals surface area contributed by atoms with Gasteiger partial charge in [-0.05, 0) is 64.6 Å². The molecule has 0 saturated heterocycles. The summed E-state index contributed by atoms with van der Waals surface area (Å²) < 4.78 is 3.06. The Morgan fingerprint density at radius 1 is 1.37 bits per heavy atom. The fourth-order valence-corrected chi connectivity index (χ4v) is 2.64. The van der Waals surface area contributed by atoms with Crippen molar-refractivity contribution in [3.8, 4) is 0 Å². The third kappa shape index (κ3) is 3.07. The molecule has 1 aromatic carbocycles. The zero-order chi connectivity index (χ0) is 14.0. The summed E-state index contributed by atoms with van der Waals surface area (Å²) in [5.74, 6) is 0. The Kier molecular flexibility index (Phi) is 4.42. The predicted molar refractivity (Wildman–Crippen MR) is 84.2 cm³/mol. The lowest BCUT2D eigenvalue weighted by Crippen LogP contribution is -2.27. The quantitative estimate of drug-likeness (QED) is 0.842. The molecule has 0 amide bonds. The number of benzene rings is 1. The molecule has 0 aliphatic carbocycles. The monoisotopic (exact) mass is 277 g/mol. The Bertz CT molecular complexity index is 609. The highest BCUT2D eigenvalue weighted by Gasteiger charge is 2.07. The van der Waals surface area contributed by atoms with Gasteiger partial charge in [0, 0.05) is 12.6 Å². The van der Waals surface area contributed by atoms with Crippen LogP contribution in [0.1, 0.15) is 25.8 Å². The summed E-state index contributed by atoms with van der Waals surface area (Å²) in [6, 6.07) is 6.90. The van der Waals surface area contributed by atoms with Gasteiger partial charge in [-0.2, -0.15) is 0 Å². The van der Waals surface area contributed by atoms with E-state index in [2.05, 4.69) is 60.5 Å². The second-order valence-corrected chi connectivity index (χ2v) is 5.87. The van der Waals surface area contributed by atoms with Gasteiger partial charge in [-0.15, -0.1) is 0 Å². The molecule has 19 heavy (non-hydrogen) atoms. The largest absolute Gasteiger partial charge is 0.331 e. The van der Waals surface area contributed by atoms with Crippen LogP contribution in [0.15, 0.2) is 18.2 Å². The maximum absolute atomic E-state index is 5.44. The summed E-state index contributed by atoms with van der Waals surface area (Å²) >= 11 is 5.44. The number of aryl methyl sites for hydroxylation is 2. The van der Waals surface area contributed by atoms with E-state index in [0.29, 0.717) is 6.04 Å². The number of hydrogen-bond acceptors (Lipinski definition) is 2. The molecule has 0 bridgehead atoms. The Morgan fingerprint density at radius 2 is 2.11 bits per heavy atom. The zero-order valence-corrected chi connectivity index (χ0v) is 13.0. The van der Waals surface area contributed by atoms with Crippen molar-refractivity contribution in [1.29, 1.82) is 0 Å². The average Bonchev–Trinajstić information content (AvgIpc) is 2.67. The predicted octanol–water partition coefficient (Wildman–Crippen LogP) is 3.74. The second kappa shape index (κ2) is 5.88. The van der Waals surface area contributed by atoms with E-state index in [1.165, 1.54) is 11.1 Å². The van der Waals surface area contributed by atoms with Crippen LogP contribution in [0, 0.1) is 11.7 Å². The van der Waals surface area contributed by atoms with Crippen molar-refractivity contribution in [2.75, 3.05) is 13.6 Å². The van der Waals surface area contributed by atoms with Crippen LogP contribution in [0.2, 0.25) is 0 Å². The van der Waals surface area contributed by atoms with Crippen LogP contribution in [0.3, 0.4) is 0 Å². The Balaban J connectivity index is 2.17. The molecule has 2 rings (SSSR count). The molecular weight excluding hydrogens is 254 g/mol. The number of nitrogens with zero attached hydrogens (tertiary/aromatic N) is 2. The van der Waals surface area contributed by atoms with Gasteiger partial charge in [0.25, 0.3) is 0 Å². The van der Waals surface area contributed by atoms with E-state index in [0.717, 1.165) is 29.8 Å². The molecule has 1 aromatic heterocycles. The van der Waals surface area contributed by atoms with Gasteiger partial charge in [-0.3, -0.25) is 0 Å². The first-order valence-electron chi connectivity index (χ1n) is 6.89. The van der Waals surface area contributed by atoms with E-state index in [4.69, 9.17) is 12.2 Å². The topological polar surface area (TPSA) is 24.0 Å². The minimum atomic E-state index is 0.595. The lowest BCUT2D eigenvalue weighted by Gasteiger charge is -2.20. The number of aromatic nitrogens is 2.